The molecule has 0 aromatic heterocycles. The van der Waals surface area contributed by atoms with Crippen LogP contribution in [0.25, 0.3) is 0 Å². The van der Waals surface area contributed by atoms with Crippen LogP contribution in [0.1, 0.15) is 12.5 Å². The quantitative estimate of drug-likeness (QED) is 0.789. The molecule has 1 atom stereocenters. The van der Waals surface area contributed by atoms with E-state index in [2.05, 4.69) is 4.90 Å². The fourth-order valence-corrected chi connectivity index (χ4v) is 2.49. The normalized spacial score (nSPS) is 16.2. The zero-order valence-corrected chi connectivity index (χ0v) is 13.2. The largest absolute Gasteiger partial charge is 0.496 e. The second-order valence-electron chi connectivity index (χ2n) is 5.16. The van der Waals surface area contributed by atoms with Crippen molar-refractivity contribution in [1.82, 2.24) is 0 Å². The molecule has 22 heavy (non-hydrogen) atoms. The Labute approximate surface area is 131 Å². The van der Waals surface area contributed by atoms with Gasteiger partial charge in [-0.2, -0.15) is 0 Å². The number of hydrogen-bond acceptors (Lipinski definition) is 6. The van der Waals surface area contributed by atoms with Crippen LogP contribution in [0.3, 0.4) is 0 Å². The molecule has 1 fully saturated rings. The molecule has 0 amide bonds. The summed E-state index contributed by atoms with van der Waals surface area (Å²) in [6.07, 6.45) is 0.394. The molecule has 0 aliphatic carbocycles. The summed E-state index contributed by atoms with van der Waals surface area (Å²) < 4.78 is 15.8. The third kappa shape index (κ3) is 4.11. The molecule has 0 radical (unpaired) electrons. The van der Waals surface area contributed by atoms with Crippen molar-refractivity contribution in [1.29, 1.82) is 0 Å². The molecule has 6 nitrogen and oxygen atoms in total. The van der Waals surface area contributed by atoms with Gasteiger partial charge in [0.25, 0.3) is 0 Å². The summed E-state index contributed by atoms with van der Waals surface area (Å²) in [5, 5.41) is 0. The minimum atomic E-state index is -0.678. The van der Waals surface area contributed by atoms with Crippen molar-refractivity contribution in [2.45, 2.75) is 19.4 Å². The van der Waals surface area contributed by atoms with E-state index in [0.717, 1.165) is 43.3 Å². The standard InChI is InChI=1S/C16H24N2O4/c1-3-22-16(19)14(17)10-12-4-5-13(11-15(12)20-2)18-6-8-21-9-7-18/h4-5,11,14H,3,6-10,17H2,1-2H3. The van der Waals surface area contributed by atoms with Gasteiger partial charge in [0.05, 0.1) is 26.9 Å². The summed E-state index contributed by atoms with van der Waals surface area (Å²) in [7, 11) is 1.62. The molecule has 0 saturated carbocycles. The van der Waals surface area contributed by atoms with Gasteiger partial charge in [0.15, 0.2) is 0 Å². The molecule has 1 aliphatic rings. The fraction of sp³-hybridized carbons (Fsp3) is 0.562. The van der Waals surface area contributed by atoms with E-state index < -0.39 is 6.04 Å². The first-order valence-corrected chi connectivity index (χ1v) is 7.57. The van der Waals surface area contributed by atoms with Crippen LogP contribution in [0.2, 0.25) is 0 Å². The molecule has 1 aliphatic heterocycles. The molecule has 1 aromatic rings. The molecule has 1 unspecified atom stereocenters. The summed E-state index contributed by atoms with van der Waals surface area (Å²) in [6, 6.07) is 5.30. The highest BCUT2D eigenvalue weighted by Gasteiger charge is 2.19. The van der Waals surface area contributed by atoms with Gasteiger partial charge in [-0.05, 0) is 18.6 Å². The SMILES string of the molecule is CCOC(=O)C(N)Cc1ccc(N2CCOCC2)cc1OC. The van der Waals surface area contributed by atoms with E-state index in [1.807, 2.05) is 18.2 Å². The Morgan fingerprint density at radius 3 is 2.77 bits per heavy atom. The van der Waals surface area contributed by atoms with E-state index in [9.17, 15) is 4.79 Å². The lowest BCUT2D eigenvalue weighted by Crippen LogP contribution is -2.36. The highest BCUT2D eigenvalue weighted by atomic mass is 16.5. The van der Waals surface area contributed by atoms with Crippen molar-refractivity contribution < 1.29 is 19.0 Å². The smallest absolute Gasteiger partial charge is 0.323 e. The van der Waals surface area contributed by atoms with Gasteiger partial charge in [0.1, 0.15) is 11.8 Å². The van der Waals surface area contributed by atoms with E-state index in [1.165, 1.54) is 0 Å². The zero-order valence-electron chi connectivity index (χ0n) is 13.2. The minimum absolute atomic E-state index is 0.333. The fourth-order valence-electron chi connectivity index (χ4n) is 2.49. The Bertz CT molecular complexity index is 501. The number of hydrogen-bond donors (Lipinski definition) is 1. The van der Waals surface area contributed by atoms with Crippen molar-refractivity contribution >= 4 is 11.7 Å². The molecule has 6 heteroatoms. The van der Waals surface area contributed by atoms with Crippen LogP contribution in [0.4, 0.5) is 5.69 Å². The highest BCUT2D eigenvalue weighted by molar-refractivity contribution is 5.76. The first-order chi connectivity index (χ1) is 10.7. The molecule has 122 valence electrons. The van der Waals surface area contributed by atoms with Crippen LogP contribution < -0.4 is 15.4 Å². The lowest BCUT2D eigenvalue weighted by molar-refractivity contribution is -0.144. The number of ether oxygens (including phenoxy) is 3. The second-order valence-corrected chi connectivity index (χ2v) is 5.16. The number of esters is 1. The van der Waals surface area contributed by atoms with Crippen molar-refractivity contribution in [2.75, 3.05) is 44.9 Å². The number of nitrogens with two attached hydrogens (primary N) is 1. The molecule has 1 saturated heterocycles. The average molecular weight is 308 g/mol. The van der Waals surface area contributed by atoms with Gasteiger partial charge in [-0.1, -0.05) is 6.07 Å². The first kappa shape index (κ1) is 16.6. The predicted octanol–water partition coefficient (Wildman–Crippen LogP) is 0.965. The lowest BCUT2D eigenvalue weighted by atomic mass is 10.0. The monoisotopic (exact) mass is 308 g/mol. The molecule has 1 aromatic carbocycles. The minimum Gasteiger partial charge on any atom is -0.496 e. The van der Waals surface area contributed by atoms with Crippen LogP contribution in [0, 0.1) is 0 Å². The number of benzene rings is 1. The zero-order chi connectivity index (χ0) is 15.9. The molecule has 2 N–H and O–H groups in total. The summed E-state index contributed by atoms with van der Waals surface area (Å²) in [5.41, 5.74) is 7.88. The van der Waals surface area contributed by atoms with Crippen LogP contribution in [0.5, 0.6) is 5.75 Å². The number of anilines is 1. The summed E-state index contributed by atoms with van der Waals surface area (Å²) in [4.78, 5) is 13.9. The maximum Gasteiger partial charge on any atom is 0.323 e. The third-order valence-electron chi connectivity index (χ3n) is 3.68. The van der Waals surface area contributed by atoms with Gasteiger partial charge >= 0.3 is 5.97 Å². The second kappa shape index (κ2) is 8.00. The van der Waals surface area contributed by atoms with E-state index in [1.54, 1.807) is 14.0 Å². The molecule has 1 heterocycles. The van der Waals surface area contributed by atoms with Crippen molar-refractivity contribution in [3.8, 4) is 5.75 Å². The van der Waals surface area contributed by atoms with Gasteiger partial charge in [-0.15, -0.1) is 0 Å². The van der Waals surface area contributed by atoms with Crippen LogP contribution in [-0.4, -0.2) is 52.0 Å². The lowest BCUT2D eigenvalue weighted by Gasteiger charge is -2.29. The maximum absolute atomic E-state index is 11.7. The van der Waals surface area contributed by atoms with E-state index in [0.29, 0.717) is 13.0 Å². The van der Waals surface area contributed by atoms with Gasteiger partial charge < -0.3 is 24.8 Å². The number of morpholine rings is 1. The number of carbonyl (C=O) groups is 1. The molecule has 0 bridgehead atoms. The predicted molar refractivity (Wildman–Crippen MR) is 84.3 cm³/mol. The Balaban J connectivity index is 2.10. The molecular weight excluding hydrogens is 284 g/mol. The molecule has 2 rings (SSSR count). The van der Waals surface area contributed by atoms with Crippen LogP contribution in [-0.2, 0) is 20.7 Å². The average Bonchev–Trinajstić information content (AvgIpc) is 2.56. The van der Waals surface area contributed by atoms with Crippen molar-refractivity contribution in [3.63, 3.8) is 0 Å². The Kier molecular flexibility index (Phi) is 6.03. The highest BCUT2D eigenvalue weighted by Crippen LogP contribution is 2.27. The van der Waals surface area contributed by atoms with Crippen LogP contribution in [0.15, 0.2) is 18.2 Å². The van der Waals surface area contributed by atoms with Gasteiger partial charge in [-0.25, -0.2) is 0 Å². The molecular formula is C16H24N2O4. The summed E-state index contributed by atoms with van der Waals surface area (Å²) >= 11 is 0. The maximum atomic E-state index is 11.7. The van der Waals surface area contributed by atoms with E-state index in [-0.39, 0.29) is 5.97 Å². The van der Waals surface area contributed by atoms with Crippen molar-refractivity contribution in [3.05, 3.63) is 23.8 Å². The summed E-state index contributed by atoms with van der Waals surface area (Å²) in [5.74, 6) is 0.352. The van der Waals surface area contributed by atoms with E-state index >= 15 is 0 Å². The van der Waals surface area contributed by atoms with Gasteiger partial charge in [0, 0.05) is 31.3 Å². The first-order valence-electron chi connectivity index (χ1n) is 7.57. The topological polar surface area (TPSA) is 74.0 Å². The molecule has 0 spiro atoms. The number of carbonyl (C=O) groups excluding carboxylic acids is 1. The Morgan fingerprint density at radius 2 is 2.14 bits per heavy atom. The number of nitrogens with zero attached hydrogens (tertiary/aromatic N) is 1. The Hall–Kier alpha value is -1.79. The third-order valence-corrected chi connectivity index (χ3v) is 3.68. The van der Waals surface area contributed by atoms with E-state index in [4.69, 9.17) is 19.9 Å². The number of rotatable bonds is 6. The van der Waals surface area contributed by atoms with Crippen LogP contribution >= 0.6 is 0 Å². The van der Waals surface area contributed by atoms with Crippen molar-refractivity contribution in [2.24, 2.45) is 5.73 Å². The Morgan fingerprint density at radius 1 is 1.41 bits per heavy atom. The van der Waals surface area contributed by atoms with Gasteiger partial charge in [0.2, 0.25) is 0 Å². The summed E-state index contributed by atoms with van der Waals surface area (Å²) in [6.45, 7) is 5.30. The number of methoxy groups -OCH3 is 1. The van der Waals surface area contributed by atoms with Gasteiger partial charge in [-0.3, -0.25) is 4.79 Å².